The van der Waals surface area contributed by atoms with Crippen molar-refractivity contribution in [3.8, 4) is 0 Å². The van der Waals surface area contributed by atoms with E-state index in [0.717, 1.165) is 6.33 Å². The van der Waals surface area contributed by atoms with Gasteiger partial charge < -0.3 is 5.73 Å². The number of halogens is 2. The molecule has 0 aliphatic rings. The van der Waals surface area contributed by atoms with E-state index in [4.69, 9.17) is 5.73 Å². The molecule has 0 unspecified atom stereocenters. The van der Waals surface area contributed by atoms with Gasteiger partial charge in [-0.3, -0.25) is 0 Å². The lowest BCUT2D eigenvalue weighted by molar-refractivity contribution is 0.140. The molecule has 6 heteroatoms. The van der Waals surface area contributed by atoms with Crippen LogP contribution in [-0.4, -0.2) is 15.0 Å². The van der Waals surface area contributed by atoms with Crippen molar-refractivity contribution in [3.63, 3.8) is 0 Å². The topological polar surface area (TPSA) is 64.7 Å². The van der Waals surface area contributed by atoms with E-state index in [1.165, 1.54) is 0 Å². The van der Waals surface area contributed by atoms with Gasteiger partial charge in [-0.15, -0.1) is 0 Å². The molecule has 4 nitrogen and oxygen atoms in total. The zero-order valence-corrected chi connectivity index (χ0v) is 4.83. The number of alkyl halides is 2. The predicted octanol–water partition coefficient (Wildman–Crippen LogP) is 0.391. The summed E-state index contributed by atoms with van der Waals surface area (Å²) in [6, 6.07) is 0. The highest BCUT2D eigenvalue weighted by atomic mass is 19.3. The maximum absolute atomic E-state index is 11.7. The fourth-order valence-corrected chi connectivity index (χ4v) is 0.427. The molecule has 0 spiro atoms. The monoisotopic (exact) mass is 146 g/mol. The fourth-order valence-electron chi connectivity index (χ4n) is 0.427. The molecule has 54 valence electrons. The molecule has 1 rings (SSSR count). The van der Waals surface area contributed by atoms with Gasteiger partial charge in [0.1, 0.15) is 6.33 Å². The first-order chi connectivity index (χ1) is 4.70. The lowest BCUT2D eigenvalue weighted by Gasteiger charge is -1.95. The molecule has 1 heterocycles. The van der Waals surface area contributed by atoms with Gasteiger partial charge in [0.2, 0.25) is 11.8 Å². The fraction of sp³-hybridized carbons (Fsp3) is 0.250. The Morgan fingerprint density at radius 2 is 2.10 bits per heavy atom. The zero-order chi connectivity index (χ0) is 7.56. The van der Waals surface area contributed by atoms with E-state index in [2.05, 4.69) is 15.0 Å². The molecule has 0 fully saturated rings. The molecular weight excluding hydrogens is 142 g/mol. The Bertz CT molecular complexity index is 226. The summed E-state index contributed by atoms with van der Waals surface area (Å²) >= 11 is 0. The highest BCUT2D eigenvalue weighted by molar-refractivity contribution is 5.12. The zero-order valence-electron chi connectivity index (χ0n) is 4.83. The summed E-state index contributed by atoms with van der Waals surface area (Å²) in [4.78, 5) is 9.71. The van der Waals surface area contributed by atoms with E-state index >= 15 is 0 Å². The van der Waals surface area contributed by atoms with Crippen LogP contribution in [-0.2, 0) is 0 Å². The SMILES string of the molecule is Nc1ncnc(C(F)F)n1. The first-order valence-corrected chi connectivity index (χ1v) is 2.42. The number of hydrogen-bond acceptors (Lipinski definition) is 4. The smallest absolute Gasteiger partial charge is 0.297 e. The summed E-state index contributed by atoms with van der Waals surface area (Å²) in [6.07, 6.45) is -1.74. The molecule has 0 aromatic carbocycles. The Balaban J connectivity index is 2.96. The summed E-state index contributed by atoms with van der Waals surface area (Å²) in [5, 5.41) is 0. The number of aromatic nitrogens is 3. The Kier molecular flexibility index (Phi) is 1.70. The van der Waals surface area contributed by atoms with E-state index in [-0.39, 0.29) is 5.95 Å². The first kappa shape index (κ1) is 6.79. The van der Waals surface area contributed by atoms with Crippen LogP contribution < -0.4 is 5.73 Å². The summed E-state index contributed by atoms with van der Waals surface area (Å²) in [5.74, 6) is -0.780. The van der Waals surface area contributed by atoms with Crippen LogP contribution in [0.4, 0.5) is 14.7 Å². The lowest BCUT2D eigenvalue weighted by atomic mass is 10.6. The van der Waals surface area contributed by atoms with Gasteiger partial charge in [0.25, 0.3) is 6.43 Å². The van der Waals surface area contributed by atoms with Crippen molar-refractivity contribution >= 4 is 5.95 Å². The molecule has 0 saturated heterocycles. The molecule has 1 aromatic heterocycles. The quantitative estimate of drug-likeness (QED) is 0.622. The molecule has 0 aliphatic carbocycles. The van der Waals surface area contributed by atoms with Gasteiger partial charge in [-0.2, -0.15) is 4.98 Å². The summed E-state index contributed by atoms with van der Waals surface area (Å²) < 4.78 is 23.5. The minimum absolute atomic E-state index is 0.190. The normalized spacial score (nSPS) is 10.3. The average molecular weight is 146 g/mol. The lowest BCUT2D eigenvalue weighted by Crippen LogP contribution is -2.01. The van der Waals surface area contributed by atoms with Crippen molar-refractivity contribution in [3.05, 3.63) is 12.2 Å². The van der Waals surface area contributed by atoms with Crippen molar-refractivity contribution in [1.82, 2.24) is 15.0 Å². The Hall–Kier alpha value is -1.33. The third-order valence-corrected chi connectivity index (χ3v) is 0.804. The van der Waals surface area contributed by atoms with E-state index in [0.29, 0.717) is 0 Å². The number of anilines is 1. The summed E-state index contributed by atoms with van der Waals surface area (Å²) in [5.41, 5.74) is 5.00. The Labute approximate surface area is 55.1 Å². The number of nitrogens with two attached hydrogens (primary N) is 1. The maximum atomic E-state index is 11.7. The molecule has 0 saturated carbocycles. The predicted molar refractivity (Wildman–Crippen MR) is 29.2 cm³/mol. The van der Waals surface area contributed by atoms with Crippen LogP contribution in [0.25, 0.3) is 0 Å². The number of nitrogens with zero attached hydrogens (tertiary/aromatic N) is 3. The van der Waals surface area contributed by atoms with Crippen LogP contribution in [0.2, 0.25) is 0 Å². The van der Waals surface area contributed by atoms with Gasteiger partial charge in [-0.1, -0.05) is 0 Å². The van der Waals surface area contributed by atoms with Crippen molar-refractivity contribution in [2.75, 3.05) is 5.73 Å². The third-order valence-electron chi connectivity index (χ3n) is 0.804. The van der Waals surface area contributed by atoms with Crippen molar-refractivity contribution in [2.45, 2.75) is 6.43 Å². The molecule has 1 aromatic rings. The van der Waals surface area contributed by atoms with E-state index < -0.39 is 12.2 Å². The van der Waals surface area contributed by atoms with Gasteiger partial charge >= 0.3 is 0 Å². The van der Waals surface area contributed by atoms with Crippen molar-refractivity contribution in [1.29, 1.82) is 0 Å². The van der Waals surface area contributed by atoms with Crippen LogP contribution in [0.5, 0.6) is 0 Å². The van der Waals surface area contributed by atoms with Crippen LogP contribution >= 0.6 is 0 Å². The number of rotatable bonds is 1. The number of hydrogen-bond donors (Lipinski definition) is 1. The van der Waals surface area contributed by atoms with Gasteiger partial charge in [0, 0.05) is 0 Å². The third kappa shape index (κ3) is 1.34. The molecule has 0 amide bonds. The number of nitrogen functional groups attached to an aromatic ring is 1. The van der Waals surface area contributed by atoms with Crippen LogP contribution in [0.3, 0.4) is 0 Å². The largest absolute Gasteiger partial charge is 0.368 e. The average Bonchev–Trinajstić information content (AvgIpc) is 1.88. The molecule has 0 aliphatic heterocycles. The highest BCUT2D eigenvalue weighted by Crippen LogP contribution is 2.12. The molecule has 0 bridgehead atoms. The van der Waals surface area contributed by atoms with Gasteiger partial charge in [-0.05, 0) is 0 Å². The van der Waals surface area contributed by atoms with E-state index in [1.807, 2.05) is 0 Å². The molecule has 2 N–H and O–H groups in total. The second-order valence-electron chi connectivity index (χ2n) is 1.50. The van der Waals surface area contributed by atoms with Crippen LogP contribution in [0.15, 0.2) is 6.33 Å². The molecular formula is C4H4F2N4. The van der Waals surface area contributed by atoms with Gasteiger partial charge in [0.15, 0.2) is 0 Å². The van der Waals surface area contributed by atoms with Crippen LogP contribution in [0, 0.1) is 0 Å². The minimum atomic E-state index is -2.69. The first-order valence-electron chi connectivity index (χ1n) is 2.42. The Morgan fingerprint density at radius 3 is 2.50 bits per heavy atom. The summed E-state index contributed by atoms with van der Waals surface area (Å²) in [6.45, 7) is 0. The maximum Gasteiger partial charge on any atom is 0.297 e. The standard InChI is InChI=1S/C4H4F2N4/c5-2(6)3-8-1-9-4(7)10-3/h1-2H,(H2,7,8,9,10). The van der Waals surface area contributed by atoms with Crippen molar-refractivity contribution < 1.29 is 8.78 Å². The second-order valence-corrected chi connectivity index (χ2v) is 1.50. The molecule has 10 heavy (non-hydrogen) atoms. The highest BCUT2D eigenvalue weighted by Gasteiger charge is 2.09. The van der Waals surface area contributed by atoms with Gasteiger partial charge in [0.05, 0.1) is 0 Å². The van der Waals surface area contributed by atoms with Crippen LogP contribution in [0.1, 0.15) is 12.2 Å². The molecule has 0 atom stereocenters. The van der Waals surface area contributed by atoms with Gasteiger partial charge in [-0.25, -0.2) is 18.7 Å². The van der Waals surface area contributed by atoms with Crippen molar-refractivity contribution in [2.24, 2.45) is 0 Å². The minimum Gasteiger partial charge on any atom is -0.368 e. The summed E-state index contributed by atoms with van der Waals surface area (Å²) in [7, 11) is 0. The van der Waals surface area contributed by atoms with E-state index in [9.17, 15) is 8.78 Å². The second kappa shape index (κ2) is 2.51. The molecule has 0 radical (unpaired) electrons. The Morgan fingerprint density at radius 1 is 1.40 bits per heavy atom. The van der Waals surface area contributed by atoms with E-state index in [1.54, 1.807) is 0 Å².